The molecule has 19 heavy (non-hydrogen) atoms. The third kappa shape index (κ3) is 2.91. The monoisotopic (exact) mass is 254 g/mol. The van der Waals surface area contributed by atoms with Gasteiger partial charge in [-0.25, -0.2) is 4.98 Å². The van der Waals surface area contributed by atoms with Gasteiger partial charge in [-0.1, -0.05) is 12.7 Å². The Morgan fingerprint density at radius 1 is 1.37 bits per heavy atom. The van der Waals surface area contributed by atoms with Gasteiger partial charge >= 0.3 is 0 Å². The second-order valence-electron chi connectivity index (χ2n) is 4.31. The maximum atomic E-state index is 4.30. The molecule has 0 atom stereocenters. The Kier molecular flexibility index (Phi) is 3.80. The molecule has 0 aliphatic rings. The van der Waals surface area contributed by atoms with Crippen molar-refractivity contribution in [3.05, 3.63) is 47.2 Å². The summed E-state index contributed by atoms with van der Waals surface area (Å²) in [5, 5.41) is 9.38. The Morgan fingerprint density at radius 3 is 2.74 bits per heavy atom. The van der Waals surface area contributed by atoms with Crippen molar-refractivity contribution in [2.45, 2.75) is 6.92 Å². The van der Waals surface area contributed by atoms with Crippen LogP contribution in [0.1, 0.15) is 12.5 Å². The molecule has 0 saturated carbocycles. The number of nitrogens with one attached hydrogen (secondary N) is 1. The molecule has 0 aliphatic carbocycles. The average Bonchev–Trinajstić information content (AvgIpc) is 2.85. The van der Waals surface area contributed by atoms with Crippen LogP contribution in [-0.2, 0) is 7.05 Å². The van der Waals surface area contributed by atoms with E-state index in [1.807, 2.05) is 51.8 Å². The Labute approximate surface area is 112 Å². The molecule has 2 heterocycles. The van der Waals surface area contributed by atoms with Crippen LogP contribution in [0.3, 0.4) is 0 Å². The zero-order chi connectivity index (χ0) is 13.8. The minimum absolute atomic E-state index is 0.843. The Hall–Kier alpha value is -2.36. The Morgan fingerprint density at radius 2 is 2.16 bits per heavy atom. The van der Waals surface area contributed by atoms with Crippen molar-refractivity contribution in [3.8, 4) is 0 Å². The van der Waals surface area contributed by atoms with E-state index in [-0.39, 0.29) is 0 Å². The Balaban J connectivity index is 2.51. The summed E-state index contributed by atoms with van der Waals surface area (Å²) >= 11 is 0. The lowest BCUT2D eigenvalue weighted by molar-refractivity contribution is 0.767. The van der Waals surface area contributed by atoms with E-state index in [0.29, 0.717) is 0 Å². The third-order valence-corrected chi connectivity index (χ3v) is 2.94. The molecule has 4 heteroatoms. The quantitative estimate of drug-likeness (QED) is 0.893. The van der Waals surface area contributed by atoms with Crippen LogP contribution >= 0.6 is 0 Å². The van der Waals surface area contributed by atoms with E-state index in [0.717, 1.165) is 27.4 Å². The molecule has 98 valence electrons. The van der Waals surface area contributed by atoms with Crippen molar-refractivity contribution in [2.75, 3.05) is 12.4 Å². The number of aryl methyl sites for hydroxylation is 1. The first-order chi connectivity index (χ1) is 9.13. The number of hydrogen-bond donors (Lipinski definition) is 1. The minimum Gasteiger partial charge on any atom is -0.373 e. The van der Waals surface area contributed by atoms with E-state index in [2.05, 4.69) is 28.1 Å². The molecule has 0 spiro atoms. The van der Waals surface area contributed by atoms with Gasteiger partial charge in [-0.15, -0.1) is 0 Å². The zero-order valence-corrected chi connectivity index (χ0v) is 11.5. The number of anilines is 1. The van der Waals surface area contributed by atoms with Crippen molar-refractivity contribution in [1.82, 2.24) is 14.8 Å². The van der Waals surface area contributed by atoms with Crippen molar-refractivity contribution in [2.24, 2.45) is 7.05 Å². The van der Waals surface area contributed by atoms with Gasteiger partial charge in [-0.05, 0) is 35.1 Å². The lowest BCUT2D eigenvalue weighted by atomic mass is 10.1. The van der Waals surface area contributed by atoms with Crippen LogP contribution in [0.4, 0.5) is 5.82 Å². The summed E-state index contributed by atoms with van der Waals surface area (Å²) in [7, 11) is 3.75. The summed E-state index contributed by atoms with van der Waals surface area (Å²) in [6, 6.07) is 2.01. The summed E-state index contributed by atoms with van der Waals surface area (Å²) in [6.07, 6.45) is 9.71. The van der Waals surface area contributed by atoms with Gasteiger partial charge in [0.15, 0.2) is 0 Å². The van der Waals surface area contributed by atoms with Gasteiger partial charge in [0.25, 0.3) is 0 Å². The van der Waals surface area contributed by atoms with Gasteiger partial charge in [0.1, 0.15) is 5.82 Å². The number of rotatable bonds is 3. The average molecular weight is 254 g/mol. The molecule has 0 aliphatic heterocycles. The van der Waals surface area contributed by atoms with E-state index in [1.165, 1.54) is 0 Å². The summed E-state index contributed by atoms with van der Waals surface area (Å²) in [6.45, 7) is 6.10. The largest absolute Gasteiger partial charge is 0.373 e. The third-order valence-electron chi connectivity index (χ3n) is 2.94. The summed E-state index contributed by atoms with van der Waals surface area (Å²) < 4.78 is 1.77. The Bertz CT molecular complexity index is 710. The fourth-order valence-corrected chi connectivity index (χ4v) is 1.84. The zero-order valence-electron chi connectivity index (χ0n) is 11.5. The molecule has 0 bridgehead atoms. The predicted molar refractivity (Wildman–Crippen MR) is 79.9 cm³/mol. The standard InChI is InChI=1S/C15H18N4/c1-5-12-8-17-15(16-3)7-13(12)6-11(2)14-9-18-19(4)10-14/h5-10,16H,2H2,1,3-4H3/b12-5-,13-6-. The topological polar surface area (TPSA) is 42.7 Å². The molecule has 0 fully saturated rings. The van der Waals surface area contributed by atoms with E-state index in [9.17, 15) is 0 Å². The van der Waals surface area contributed by atoms with Crippen LogP contribution < -0.4 is 15.8 Å². The molecule has 4 nitrogen and oxygen atoms in total. The van der Waals surface area contributed by atoms with Gasteiger partial charge in [0.05, 0.1) is 6.20 Å². The second-order valence-corrected chi connectivity index (χ2v) is 4.31. The van der Waals surface area contributed by atoms with E-state index in [1.54, 1.807) is 4.68 Å². The van der Waals surface area contributed by atoms with Crippen LogP contribution in [0.2, 0.25) is 0 Å². The van der Waals surface area contributed by atoms with Crippen LogP contribution in [0.5, 0.6) is 0 Å². The molecule has 2 aromatic heterocycles. The van der Waals surface area contributed by atoms with Crippen molar-refractivity contribution >= 4 is 23.5 Å². The molecule has 0 radical (unpaired) electrons. The fraction of sp³-hybridized carbons (Fsp3) is 0.200. The number of allylic oxidation sites excluding steroid dienone is 1. The van der Waals surface area contributed by atoms with E-state index < -0.39 is 0 Å². The van der Waals surface area contributed by atoms with Crippen molar-refractivity contribution < 1.29 is 0 Å². The van der Waals surface area contributed by atoms with Gasteiger partial charge in [-0.3, -0.25) is 4.68 Å². The van der Waals surface area contributed by atoms with Crippen LogP contribution in [0.15, 0.2) is 31.2 Å². The van der Waals surface area contributed by atoms with Crippen LogP contribution in [-0.4, -0.2) is 21.8 Å². The first kappa shape index (κ1) is 13.1. The first-order valence-electron chi connectivity index (χ1n) is 6.14. The highest BCUT2D eigenvalue weighted by Gasteiger charge is 1.99. The maximum Gasteiger partial charge on any atom is 0.126 e. The highest BCUT2D eigenvalue weighted by atomic mass is 15.2. The minimum atomic E-state index is 0.843. The van der Waals surface area contributed by atoms with Gasteiger partial charge in [0.2, 0.25) is 0 Å². The highest BCUT2D eigenvalue weighted by molar-refractivity contribution is 5.86. The van der Waals surface area contributed by atoms with Crippen LogP contribution in [0, 0.1) is 0 Å². The lowest BCUT2D eigenvalue weighted by Gasteiger charge is -2.00. The SMILES string of the molecule is C=C(/C=c1/cc(NC)nc/c1=C/C)c1cnn(C)c1. The summed E-state index contributed by atoms with van der Waals surface area (Å²) in [4.78, 5) is 4.30. The molecular formula is C15H18N4. The number of aromatic nitrogens is 3. The van der Waals surface area contributed by atoms with Gasteiger partial charge in [-0.2, -0.15) is 5.10 Å². The number of hydrogen-bond acceptors (Lipinski definition) is 3. The fourth-order valence-electron chi connectivity index (χ4n) is 1.84. The van der Waals surface area contributed by atoms with Crippen molar-refractivity contribution in [3.63, 3.8) is 0 Å². The summed E-state index contributed by atoms with van der Waals surface area (Å²) in [5.41, 5.74) is 1.96. The van der Waals surface area contributed by atoms with Crippen molar-refractivity contribution in [1.29, 1.82) is 0 Å². The molecule has 1 N–H and O–H groups in total. The van der Waals surface area contributed by atoms with Gasteiger partial charge in [0, 0.05) is 32.1 Å². The molecule has 0 saturated heterocycles. The first-order valence-corrected chi connectivity index (χ1v) is 6.14. The molecule has 0 unspecified atom stereocenters. The van der Waals surface area contributed by atoms with E-state index >= 15 is 0 Å². The maximum absolute atomic E-state index is 4.30. The molecule has 0 amide bonds. The van der Waals surface area contributed by atoms with Crippen LogP contribution in [0.25, 0.3) is 17.7 Å². The summed E-state index contributed by atoms with van der Waals surface area (Å²) in [5.74, 6) is 0.843. The molecular weight excluding hydrogens is 236 g/mol. The lowest BCUT2D eigenvalue weighted by Crippen LogP contribution is -2.25. The highest BCUT2D eigenvalue weighted by Crippen LogP contribution is 2.11. The smallest absolute Gasteiger partial charge is 0.126 e. The predicted octanol–water partition coefficient (Wildman–Crippen LogP) is 1.15. The second kappa shape index (κ2) is 5.52. The normalized spacial score (nSPS) is 12.8. The number of nitrogens with zero attached hydrogens (tertiary/aromatic N) is 3. The van der Waals surface area contributed by atoms with Gasteiger partial charge < -0.3 is 5.32 Å². The number of pyridine rings is 1. The molecule has 2 rings (SSSR count). The molecule has 2 aromatic rings. The van der Waals surface area contributed by atoms with E-state index in [4.69, 9.17) is 0 Å². The molecule has 0 aromatic carbocycles.